The Kier molecular flexibility index (Phi) is 15.4. The number of benzene rings is 3. The van der Waals surface area contributed by atoms with Gasteiger partial charge < -0.3 is 25.3 Å². The van der Waals surface area contributed by atoms with Gasteiger partial charge in [0.2, 0.25) is 16.5 Å². The van der Waals surface area contributed by atoms with E-state index in [4.69, 9.17) is 23.2 Å². The first-order chi connectivity index (χ1) is 18.9. The van der Waals surface area contributed by atoms with Crippen molar-refractivity contribution in [3.8, 4) is 11.5 Å². The number of phenolic OH excluding ortho intramolecular Hbond substituents is 2. The van der Waals surface area contributed by atoms with Gasteiger partial charge in [-0.25, -0.2) is 8.42 Å². The van der Waals surface area contributed by atoms with Gasteiger partial charge in [0.1, 0.15) is 27.2 Å². The number of halogens is 2. The van der Waals surface area contributed by atoms with Crippen LogP contribution >= 0.6 is 35.2 Å². The molecular formula is C19H9Cl2CuN7Na2O10S2. The van der Waals surface area contributed by atoms with Gasteiger partial charge in [0.15, 0.2) is 5.75 Å². The number of rotatable bonds is 9. The smallest absolute Gasteiger partial charge is 0.744 e. The Bertz CT molecular complexity index is 1790. The number of anilines is 2. The van der Waals surface area contributed by atoms with E-state index < -0.39 is 42.8 Å². The van der Waals surface area contributed by atoms with E-state index in [1.807, 2.05) is 0 Å². The van der Waals surface area contributed by atoms with E-state index in [1.165, 1.54) is 0 Å². The molecule has 0 atom stereocenters. The molecule has 0 bridgehead atoms. The van der Waals surface area contributed by atoms with Gasteiger partial charge in [0.05, 0.1) is 32.4 Å². The second-order valence-electron chi connectivity index (χ2n) is 7.27. The number of nitro groups is 1. The van der Waals surface area contributed by atoms with Crippen molar-refractivity contribution >= 4 is 84.8 Å². The Hall–Kier alpha value is -1.43. The predicted molar refractivity (Wildman–Crippen MR) is 134 cm³/mol. The molecule has 1 radical (unpaired) electrons. The maximum absolute atomic E-state index is 11.8. The van der Waals surface area contributed by atoms with Crippen LogP contribution in [0.2, 0.25) is 10.6 Å². The monoisotopic (exact) mass is 738 g/mol. The third-order valence-electron chi connectivity index (χ3n) is 4.82. The van der Waals surface area contributed by atoms with Crippen LogP contribution in [-0.4, -0.2) is 43.1 Å². The first kappa shape index (κ1) is 39.6. The summed E-state index contributed by atoms with van der Waals surface area (Å²) >= 11 is 11.8. The van der Waals surface area contributed by atoms with E-state index in [9.17, 15) is 38.6 Å². The fourth-order valence-electron chi connectivity index (χ4n) is 3.23. The molecular weight excluding hydrogens is 731 g/mol. The summed E-state index contributed by atoms with van der Waals surface area (Å²) in [5.74, 6) is -1.54. The zero-order valence-electron chi connectivity index (χ0n) is 21.2. The molecule has 17 nitrogen and oxygen atoms in total. The molecule has 0 spiro atoms. The Morgan fingerprint density at radius 3 is 2.26 bits per heavy atom. The van der Waals surface area contributed by atoms with Crippen LogP contribution in [-0.2, 0) is 36.6 Å². The van der Waals surface area contributed by atoms with Crippen LogP contribution in [0.15, 0.2) is 56.4 Å². The molecule has 0 aliphatic carbocycles. The predicted octanol–water partition coefficient (Wildman–Crippen LogP) is -2.05. The van der Waals surface area contributed by atoms with Crippen LogP contribution in [0.25, 0.3) is 10.8 Å². The number of non-ortho nitro benzene ring substituents is 1. The summed E-state index contributed by atoms with van der Waals surface area (Å²) in [7, 11) is -5.05. The van der Waals surface area contributed by atoms with Crippen molar-refractivity contribution in [2.45, 2.75) is 9.79 Å². The zero-order valence-corrected chi connectivity index (χ0v) is 29.3. The van der Waals surface area contributed by atoms with Crippen LogP contribution in [0.5, 0.6) is 11.5 Å². The van der Waals surface area contributed by atoms with Crippen LogP contribution < -0.4 is 69.7 Å². The Balaban J connectivity index is 0.00000308. The fourth-order valence-corrected chi connectivity index (χ4v) is 4.61. The summed E-state index contributed by atoms with van der Waals surface area (Å²) in [6, 6.07) is 5.82. The summed E-state index contributed by atoms with van der Waals surface area (Å²) in [4.78, 5) is 20.5. The summed E-state index contributed by atoms with van der Waals surface area (Å²) in [6.45, 7) is 0. The van der Waals surface area contributed by atoms with Gasteiger partial charge in [-0.1, -0.05) is 0 Å². The number of azo groups is 1. The van der Waals surface area contributed by atoms with E-state index in [0.29, 0.717) is 0 Å². The molecule has 0 unspecified atom stereocenters. The van der Waals surface area contributed by atoms with Gasteiger partial charge >= 0.3 is 59.1 Å². The number of aromatic nitrogens is 3. The average Bonchev–Trinajstić information content (AvgIpc) is 2.86. The molecule has 0 aliphatic rings. The van der Waals surface area contributed by atoms with E-state index in [2.05, 4.69) is 39.9 Å². The van der Waals surface area contributed by atoms with Gasteiger partial charge in [0, 0.05) is 34.6 Å². The number of fused-ring (bicyclic) bond motifs is 1. The van der Waals surface area contributed by atoms with Crippen molar-refractivity contribution in [2.75, 3.05) is 5.32 Å². The van der Waals surface area contributed by atoms with E-state index in [0.717, 1.165) is 36.4 Å². The van der Waals surface area contributed by atoms with E-state index in [1.54, 1.807) is 0 Å². The molecule has 4 rings (SSSR count). The Morgan fingerprint density at radius 1 is 1.02 bits per heavy atom. The molecule has 0 aliphatic heterocycles. The first-order valence-corrected chi connectivity index (χ1v) is 12.9. The van der Waals surface area contributed by atoms with E-state index >= 15 is 0 Å². The summed E-state index contributed by atoms with van der Waals surface area (Å²) in [5.41, 5.74) is -1.49. The summed E-state index contributed by atoms with van der Waals surface area (Å²) < 4.78 is 39.8. The molecule has 1 aromatic heterocycles. The number of aromatic hydroxyl groups is 2. The topological polar surface area (TPSA) is 258 Å². The summed E-state index contributed by atoms with van der Waals surface area (Å²) in [5, 5.41) is 55.3. The fraction of sp³-hybridized carbons (Fsp3) is 0. The van der Waals surface area contributed by atoms with Crippen LogP contribution in [0.3, 0.4) is 0 Å². The van der Waals surface area contributed by atoms with Crippen LogP contribution in [0.1, 0.15) is 0 Å². The number of nitrogens with zero attached hydrogens (tertiary/aromatic N) is 6. The second kappa shape index (κ2) is 16.8. The molecule has 1 heterocycles. The average molecular weight is 740 g/mol. The molecule has 219 valence electrons. The quantitative estimate of drug-likeness (QED) is 0.0318. The summed E-state index contributed by atoms with van der Waals surface area (Å²) in [6.07, 6.45) is 0. The van der Waals surface area contributed by atoms with Crippen molar-refractivity contribution < 1.29 is 119 Å². The molecule has 4 aromatic rings. The molecule has 0 amide bonds. The van der Waals surface area contributed by atoms with Crippen LogP contribution in [0, 0.1) is 10.1 Å². The van der Waals surface area contributed by atoms with Gasteiger partial charge in [-0.05, 0) is 52.9 Å². The minimum absolute atomic E-state index is 0. The second-order valence-corrected chi connectivity index (χ2v) is 10.1. The Morgan fingerprint density at radius 2 is 1.67 bits per heavy atom. The third-order valence-corrected chi connectivity index (χ3v) is 6.58. The largest absolute Gasteiger partial charge is 1.00 e. The van der Waals surface area contributed by atoms with Crippen molar-refractivity contribution in [1.29, 1.82) is 0 Å². The maximum atomic E-state index is 11.8. The van der Waals surface area contributed by atoms with E-state index in [-0.39, 0.29) is 132 Å². The minimum Gasteiger partial charge on any atom is -0.744 e. The number of hydrogen-bond acceptors (Lipinski definition) is 17. The van der Waals surface area contributed by atoms with Crippen LogP contribution in [0.4, 0.5) is 28.7 Å². The zero-order chi connectivity index (χ0) is 29.2. The molecule has 24 heteroatoms. The molecule has 3 aromatic carbocycles. The first-order valence-electron chi connectivity index (χ1n) is 10.0. The van der Waals surface area contributed by atoms with Crippen molar-refractivity contribution in [3.63, 3.8) is 0 Å². The number of nitro benzene ring substituents is 1. The SMILES string of the molecule is O=[N+]([O-])c1ccc(O)c(N=Nc2c(SOO[O-])cc3cc(S(=O)(=O)[O-])cc(Nc4nc(Cl)nc(Cl)n4)c3c2O)c1.[Cu].[Na+].[Na+]. The van der Waals surface area contributed by atoms with Crippen molar-refractivity contribution in [1.82, 2.24) is 15.0 Å². The molecule has 43 heavy (non-hydrogen) atoms. The van der Waals surface area contributed by atoms with Gasteiger partial charge in [-0.15, -0.1) is 10.2 Å². The number of phenols is 2. The van der Waals surface area contributed by atoms with Crippen molar-refractivity contribution in [2.24, 2.45) is 10.2 Å². The standard InChI is InChI=1S/C19H11Cl2N7O10S2.Cu.2Na/c20-17-23-18(21)25-19(24-17)22-11-6-9(40(34,35)36)3-7-4-13(39-38-37-33)15(16(30)14(7)11)27-26-10-5-8(28(31)32)1-2-12(10)29;;;/h1-6,29-30,33H,(H,34,35,36)(H,22,23,24,25);;;/q;;2*+1/p-2. The van der Waals surface area contributed by atoms with Gasteiger partial charge in [-0.2, -0.15) is 19.3 Å². The molecule has 0 saturated heterocycles. The van der Waals surface area contributed by atoms with Crippen molar-refractivity contribution in [3.05, 3.63) is 57.1 Å². The molecule has 0 saturated carbocycles. The third kappa shape index (κ3) is 9.78. The molecule has 3 N–H and O–H groups in total. The Labute approximate surface area is 309 Å². The number of hydrogen-bond donors (Lipinski definition) is 3. The maximum Gasteiger partial charge on any atom is 1.00 e. The molecule has 0 fully saturated rings. The minimum atomic E-state index is -5.05. The normalized spacial score (nSPS) is 11.0. The van der Waals surface area contributed by atoms with Gasteiger partial charge in [-0.3, -0.25) is 15.2 Å². The number of nitrogens with one attached hydrogen (secondary N) is 1. The van der Waals surface area contributed by atoms with Gasteiger partial charge in [0.25, 0.3) is 5.69 Å².